The number of hydrogen-bond donors (Lipinski definition) is 2. The van der Waals surface area contributed by atoms with Crippen LogP contribution < -0.4 is 11.3 Å². The summed E-state index contributed by atoms with van der Waals surface area (Å²) in [7, 11) is 0. The highest BCUT2D eigenvalue weighted by molar-refractivity contribution is 9.10. The molecule has 0 fully saturated rings. The zero-order valence-corrected chi connectivity index (χ0v) is 10.9. The summed E-state index contributed by atoms with van der Waals surface area (Å²) in [6.45, 7) is 0. The number of rotatable bonds is 3. The number of nitrogens with two attached hydrogens (primary N) is 1. The first-order valence-corrected chi connectivity index (χ1v) is 6.87. The lowest BCUT2D eigenvalue weighted by Gasteiger charge is -2.21. The minimum atomic E-state index is 0.210. The Morgan fingerprint density at radius 3 is 2.87 bits per heavy atom. The molecule has 1 heterocycles. The molecule has 1 unspecified atom stereocenters. The molecule has 1 aromatic rings. The second-order valence-electron chi connectivity index (χ2n) is 3.79. The third-order valence-electron chi connectivity index (χ3n) is 2.74. The van der Waals surface area contributed by atoms with Gasteiger partial charge in [0.25, 0.3) is 0 Å². The van der Waals surface area contributed by atoms with Crippen molar-refractivity contribution in [3.63, 3.8) is 0 Å². The van der Waals surface area contributed by atoms with Gasteiger partial charge in [0.05, 0.1) is 6.04 Å². The lowest BCUT2D eigenvalue weighted by Crippen LogP contribution is -2.29. The standard InChI is InChI=1S/C11H15BrN2S/c12-9-6-10(15-7-9)11(14-13)8-4-2-1-3-5-8/h4,6-7,11,14H,1-3,5,13H2. The van der Waals surface area contributed by atoms with E-state index < -0.39 is 0 Å². The molecule has 0 amide bonds. The monoisotopic (exact) mass is 286 g/mol. The van der Waals surface area contributed by atoms with E-state index in [-0.39, 0.29) is 6.04 Å². The SMILES string of the molecule is NNC(C1=CCCCC1)c1cc(Br)cs1. The van der Waals surface area contributed by atoms with Crippen molar-refractivity contribution >= 4 is 27.3 Å². The maximum absolute atomic E-state index is 5.65. The van der Waals surface area contributed by atoms with E-state index in [4.69, 9.17) is 5.84 Å². The predicted molar refractivity (Wildman–Crippen MR) is 68.6 cm³/mol. The molecule has 0 radical (unpaired) electrons. The average molecular weight is 287 g/mol. The van der Waals surface area contributed by atoms with Crippen molar-refractivity contribution in [3.8, 4) is 0 Å². The van der Waals surface area contributed by atoms with Crippen LogP contribution in [0, 0.1) is 0 Å². The number of halogens is 1. The van der Waals surface area contributed by atoms with Crippen molar-refractivity contribution in [1.29, 1.82) is 0 Å². The molecule has 2 rings (SSSR count). The van der Waals surface area contributed by atoms with Crippen molar-refractivity contribution in [2.45, 2.75) is 31.7 Å². The zero-order chi connectivity index (χ0) is 10.7. The summed E-state index contributed by atoms with van der Waals surface area (Å²) in [4.78, 5) is 1.29. The van der Waals surface area contributed by atoms with Gasteiger partial charge in [-0.1, -0.05) is 11.6 Å². The fraction of sp³-hybridized carbons (Fsp3) is 0.455. The number of hydrogen-bond acceptors (Lipinski definition) is 3. The Labute approximate surface area is 103 Å². The van der Waals surface area contributed by atoms with Crippen LogP contribution in [0.3, 0.4) is 0 Å². The highest BCUT2D eigenvalue weighted by Crippen LogP contribution is 2.33. The Balaban J connectivity index is 2.19. The summed E-state index contributed by atoms with van der Waals surface area (Å²) >= 11 is 5.22. The van der Waals surface area contributed by atoms with Crippen LogP contribution in [0.1, 0.15) is 36.6 Å². The summed E-state index contributed by atoms with van der Waals surface area (Å²) in [6.07, 6.45) is 7.30. The van der Waals surface area contributed by atoms with E-state index in [0.717, 1.165) is 4.47 Å². The fourth-order valence-electron chi connectivity index (χ4n) is 1.98. The molecular weight excluding hydrogens is 272 g/mol. The first kappa shape index (κ1) is 11.3. The molecular formula is C11H15BrN2S. The van der Waals surface area contributed by atoms with E-state index >= 15 is 0 Å². The second-order valence-corrected chi connectivity index (χ2v) is 5.65. The van der Waals surface area contributed by atoms with E-state index in [2.05, 4.69) is 38.9 Å². The van der Waals surface area contributed by atoms with Crippen LogP contribution in [-0.2, 0) is 0 Å². The predicted octanol–water partition coefficient (Wildman–Crippen LogP) is 3.52. The van der Waals surface area contributed by atoms with Gasteiger partial charge in [-0.3, -0.25) is 5.84 Å². The smallest absolute Gasteiger partial charge is 0.0763 e. The van der Waals surface area contributed by atoms with Gasteiger partial charge in [-0.25, -0.2) is 5.43 Å². The molecule has 82 valence electrons. The minimum absolute atomic E-state index is 0.210. The Hall–Kier alpha value is -0.160. The van der Waals surface area contributed by atoms with Gasteiger partial charge in [-0.05, 0) is 47.7 Å². The molecule has 2 nitrogen and oxygen atoms in total. The normalized spacial score (nSPS) is 18.7. The van der Waals surface area contributed by atoms with Crippen molar-refractivity contribution < 1.29 is 0 Å². The van der Waals surface area contributed by atoms with Crippen molar-refractivity contribution in [2.75, 3.05) is 0 Å². The van der Waals surface area contributed by atoms with E-state index in [1.165, 1.54) is 36.1 Å². The van der Waals surface area contributed by atoms with E-state index in [0.29, 0.717) is 0 Å². The van der Waals surface area contributed by atoms with E-state index in [1.54, 1.807) is 11.3 Å². The summed E-state index contributed by atoms with van der Waals surface area (Å²) in [5.41, 5.74) is 4.37. The first-order chi connectivity index (χ1) is 7.31. The third-order valence-corrected chi connectivity index (χ3v) is 4.49. The van der Waals surface area contributed by atoms with Crippen LogP contribution in [0.2, 0.25) is 0 Å². The largest absolute Gasteiger partial charge is 0.271 e. The van der Waals surface area contributed by atoms with Crippen LogP contribution in [0.25, 0.3) is 0 Å². The van der Waals surface area contributed by atoms with Gasteiger partial charge < -0.3 is 0 Å². The number of nitrogens with one attached hydrogen (secondary N) is 1. The molecule has 1 aliphatic carbocycles. The lowest BCUT2D eigenvalue weighted by molar-refractivity contribution is 0.572. The summed E-state index contributed by atoms with van der Waals surface area (Å²) in [6, 6.07) is 2.35. The van der Waals surface area contributed by atoms with Gasteiger partial charge in [0.2, 0.25) is 0 Å². The third kappa shape index (κ3) is 2.69. The Kier molecular flexibility index (Phi) is 3.97. The molecule has 4 heteroatoms. The average Bonchev–Trinajstić information content (AvgIpc) is 2.68. The van der Waals surface area contributed by atoms with Crippen molar-refractivity contribution in [1.82, 2.24) is 5.43 Å². The van der Waals surface area contributed by atoms with Crippen LogP contribution in [-0.4, -0.2) is 0 Å². The Morgan fingerprint density at radius 2 is 2.33 bits per heavy atom. The quantitative estimate of drug-likeness (QED) is 0.507. The van der Waals surface area contributed by atoms with Crippen LogP contribution >= 0.6 is 27.3 Å². The molecule has 0 spiro atoms. The molecule has 3 N–H and O–H groups in total. The number of hydrazine groups is 1. The zero-order valence-electron chi connectivity index (χ0n) is 8.50. The van der Waals surface area contributed by atoms with Crippen LogP contribution in [0.15, 0.2) is 27.6 Å². The molecule has 0 aromatic carbocycles. The van der Waals surface area contributed by atoms with Gasteiger partial charge in [0, 0.05) is 14.7 Å². The lowest BCUT2D eigenvalue weighted by atomic mass is 9.93. The van der Waals surface area contributed by atoms with Crippen molar-refractivity contribution in [3.05, 3.63) is 32.4 Å². The van der Waals surface area contributed by atoms with Gasteiger partial charge in [-0.2, -0.15) is 0 Å². The summed E-state index contributed by atoms with van der Waals surface area (Å²) < 4.78 is 1.14. The summed E-state index contributed by atoms with van der Waals surface area (Å²) in [5, 5.41) is 2.10. The number of thiophene rings is 1. The van der Waals surface area contributed by atoms with E-state index in [1.807, 2.05) is 0 Å². The molecule has 1 aromatic heterocycles. The fourth-order valence-corrected chi connectivity index (χ4v) is 3.52. The topological polar surface area (TPSA) is 38.0 Å². The molecule has 0 saturated heterocycles. The molecule has 15 heavy (non-hydrogen) atoms. The number of allylic oxidation sites excluding steroid dienone is 1. The highest BCUT2D eigenvalue weighted by atomic mass is 79.9. The van der Waals surface area contributed by atoms with Gasteiger partial charge >= 0.3 is 0 Å². The summed E-state index contributed by atoms with van der Waals surface area (Å²) in [5.74, 6) is 5.65. The molecule has 0 aliphatic heterocycles. The second kappa shape index (κ2) is 5.25. The molecule has 0 saturated carbocycles. The van der Waals surface area contributed by atoms with Gasteiger partial charge in [-0.15, -0.1) is 11.3 Å². The van der Waals surface area contributed by atoms with Gasteiger partial charge in [0.15, 0.2) is 0 Å². The van der Waals surface area contributed by atoms with E-state index in [9.17, 15) is 0 Å². The van der Waals surface area contributed by atoms with Crippen LogP contribution in [0.4, 0.5) is 0 Å². The van der Waals surface area contributed by atoms with Gasteiger partial charge in [0.1, 0.15) is 0 Å². The maximum Gasteiger partial charge on any atom is 0.0763 e. The molecule has 0 bridgehead atoms. The Bertz CT molecular complexity index is 359. The molecule has 1 aliphatic rings. The Morgan fingerprint density at radius 1 is 1.47 bits per heavy atom. The van der Waals surface area contributed by atoms with Crippen LogP contribution in [0.5, 0.6) is 0 Å². The maximum atomic E-state index is 5.65. The minimum Gasteiger partial charge on any atom is -0.271 e. The van der Waals surface area contributed by atoms with Crippen molar-refractivity contribution in [2.24, 2.45) is 5.84 Å². The first-order valence-electron chi connectivity index (χ1n) is 5.20. The highest BCUT2D eigenvalue weighted by Gasteiger charge is 2.18. The molecule has 1 atom stereocenters.